The van der Waals surface area contributed by atoms with Crippen molar-refractivity contribution >= 4 is 113 Å². The van der Waals surface area contributed by atoms with Gasteiger partial charge >= 0.3 is 5.97 Å². The largest absolute Gasteiger partial charge is 0.505 e. The number of fused-ring (bicyclic) bond motifs is 1. The Balaban J connectivity index is 1.62. The number of aliphatic hydroxyl groups is 3. The first kappa shape index (κ1) is 95.3. The lowest BCUT2D eigenvalue weighted by Crippen LogP contribution is -2.62. The summed E-state index contributed by atoms with van der Waals surface area (Å²) in [7, 11) is 2.46. The molecule has 2 aromatic carbocycles. The minimum absolute atomic E-state index is 0.0141. The molecule has 636 valence electrons. The molecule has 0 aromatic heterocycles. The first-order valence-electron chi connectivity index (χ1n) is 38.5. The Morgan fingerprint density at radius 1 is 0.696 bits per heavy atom. The Morgan fingerprint density at radius 3 is 1.92 bits per heavy atom. The van der Waals surface area contributed by atoms with E-state index >= 15 is 14.0 Å². The molecule has 0 radical (unpaired) electrons. The molecule has 19 N–H and O–H groups in total. The zero-order valence-electron chi connectivity index (χ0n) is 66.1. The third kappa shape index (κ3) is 27.7. The fourth-order valence-corrected chi connectivity index (χ4v) is 14.2. The Bertz CT molecular complexity index is 3840. The van der Waals surface area contributed by atoms with Crippen molar-refractivity contribution in [3.05, 3.63) is 65.5 Å². The summed E-state index contributed by atoms with van der Waals surface area (Å²) in [5.74, 6) is -23.2. The zero-order valence-corrected chi connectivity index (χ0v) is 66.9. The van der Waals surface area contributed by atoms with Crippen molar-refractivity contribution in [2.75, 3.05) is 59.2 Å². The number of amides is 13. The van der Waals surface area contributed by atoms with Gasteiger partial charge in [-0.1, -0.05) is 70.5 Å². The summed E-state index contributed by atoms with van der Waals surface area (Å²) >= 11 is 4.39. The van der Waals surface area contributed by atoms with Gasteiger partial charge in [-0.2, -0.15) is 12.6 Å². The number of carboxylic acid groups (broad SMARTS) is 1. The van der Waals surface area contributed by atoms with Gasteiger partial charge in [0.1, 0.15) is 72.0 Å². The van der Waals surface area contributed by atoms with Crippen LogP contribution in [0, 0.1) is 29.5 Å². The Kier molecular flexibility index (Phi) is 37.9. The van der Waals surface area contributed by atoms with E-state index < -0.39 is 266 Å². The second kappa shape index (κ2) is 45.7. The van der Waals surface area contributed by atoms with Crippen LogP contribution in [0.2, 0.25) is 0 Å². The van der Waals surface area contributed by atoms with Crippen molar-refractivity contribution in [3.8, 4) is 5.75 Å². The smallest absolute Gasteiger partial charge is 0.326 e. The third-order valence-electron chi connectivity index (χ3n) is 21.0. The van der Waals surface area contributed by atoms with E-state index in [0.29, 0.717) is 5.56 Å². The number of aliphatic hydroxyl groups excluding tert-OH is 3. The normalized spacial score (nSPS) is 25.9. The SMILES string of the molecule is CC[C@H](C)[C@@H]1NC(=O)[C@H](Cc2ccc(O)c(F)c2)NC(=O)[C@H](CO)NC(=O)[C@H](CCC(N)=O)NC(=O)CNC(=O)[C@H](Cc2ccccc2)N(C)C(=O)[C@@H]2CCCN2C(=O)[C@H]([C@@H](C)O)CCC(=O)[C@H]([C@@H](C)O)CC(=O)[C@H](CS)N(C)C(=O)C[C@@H](C(=O)N2CCC[C@H]2C(=O)N[C@@H](CCCN=C(N)CN)C(=O)O)NC(=O)[C@H](C(C)C)NC1=O. The molecule has 5 rings (SSSR count). The van der Waals surface area contributed by atoms with Crippen LogP contribution >= 0.6 is 12.6 Å². The van der Waals surface area contributed by atoms with Gasteiger partial charge in [0.25, 0.3) is 0 Å². The lowest BCUT2D eigenvalue weighted by molar-refractivity contribution is -0.150. The molecule has 39 heteroatoms. The average molecular weight is 1640 g/mol. The highest BCUT2D eigenvalue weighted by Crippen LogP contribution is 2.29. The highest BCUT2D eigenvalue weighted by Gasteiger charge is 2.46. The van der Waals surface area contributed by atoms with E-state index in [9.17, 15) is 92.7 Å². The molecule has 3 fully saturated rings. The molecule has 3 saturated heterocycles. The fourth-order valence-electron chi connectivity index (χ4n) is 13.8. The van der Waals surface area contributed by atoms with E-state index in [1.807, 2.05) is 0 Å². The third-order valence-corrected chi connectivity index (χ3v) is 21.3. The summed E-state index contributed by atoms with van der Waals surface area (Å²) in [6.07, 6.45) is -6.92. The Labute approximate surface area is 671 Å². The number of hydrogen-bond acceptors (Lipinski definition) is 23. The highest BCUT2D eigenvalue weighted by atomic mass is 32.1. The number of benzene rings is 2. The van der Waals surface area contributed by atoms with Crippen molar-refractivity contribution in [2.24, 2.45) is 45.9 Å². The number of carboxylic acids is 1. The number of carbonyl (C=O) groups excluding carboxylic acids is 15. The van der Waals surface area contributed by atoms with Gasteiger partial charge < -0.3 is 105 Å². The van der Waals surface area contributed by atoms with Crippen molar-refractivity contribution in [2.45, 2.75) is 217 Å². The summed E-state index contributed by atoms with van der Waals surface area (Å²) in [6, 6.07) is -6.62. The van der Waals surface area contributed by atoms with Crippen LogP contribution in [0.4, 0.5) is 4.39 Å². The molecule has 0 unspecified atom stereocenters. The van der Waals surface area contributed by atoms with Gasteiger partial charge in [0, 0.05) is 71.6 Å². The summed E-state index contributed by atoms with van der Waals surface area (Å²) in [6.45, 7) is 6.35. The molecule has 37 nitrogen and oxygen atoms in total. The van der Waals surface area contributed by atoms with Crippen LogP contribution < -0.4 is 59.7 Å². The number of aliphatic carboxylic acids is 1. The number of thiol groups is 1. The minimum Gasteiger partial charge on any atom is -0.505 e. The molecule has 2 aromatic rings. The number of amidine groups is 1. The number of carbonyl (C=O) groups is 16. The molecule has 0 bridgehead atoms. The van der Waals surface area contributed by atoms with E-state index in [4.69, 9.17) is 17.2 Å². The van der Waals surface area contributed by atoms with E-state index in [0.717, 1.165) is 33.9 Å². The van der Waals surface area contributed by atoms with Crippen molar-refractivity contribution in [1.29, 1.82) is 0 Å². The quantitative estimate of drug-likeness (QED) is 0.0220. The maximum Gasteiger partial charge on any atom is 0.326 e. The van der Waals surface area contributed by atoms with Gasteiger partial charge in [-0.3, -0.25) is 76.9 Å². The monoisotopic (exact) mass is 1640 g/mol. The van der Waals surface area contributed by atoms with E-state index in [1.54, 1.807) is 37.3 Å². The van der Waals surface area contributed by atoms with Gasteiger partial charge in [0.2, 0.25) is 76.8 Å². The number of halogens is 1. The number of ketones is 2. The number of hydrogen-bond donors (Lipinski definition) is 17. The lowest BCUT2D eigenvalue weighted by Gasteiger charge is -2.34. The van der Waals surface area contributed by atoms with Crippen molar-refractivity contribution in [1.82, 2.24) is 62.1 Å². The Morgan fingerprint density at radius 2 is 1.32 bits per heavy atom. The number of likely N-dealkylation sites (tertiary alicyclic amines) is 1. The number of aromatic hydroxyl groups is 1. The maximum absolute atomic E-state index is 15.2. The molecule has 115 heavy (non-hydrogen) atoms. The molecule has 0 aliphatic carbocycles. The number of aliphatic imine (C=N–C) groups is 1. The lowest BCUT2D eigenvalue weighted by atomic mass is 9.85. The van der Waals surface area contributed by atoms with Crippen LogP contribution in [-0.2, 0) is 89.6 Å². The van der Waals surface area contributed by atoms with E-state index in [2.05, 4.69) is 60.2 Å². The summed E-state index contributed by atoms with van der Waals surface area (Å²) in [5, 5.41) is 73.0. The molecule has 3 aliphatic heterocycles. The first-order valence-corrected chi connectivity index (χ1v) is 39.1. The standard InChI is InChI=1S/C76H113FN16O21S/c1-9-40(4)65-72(109)88-64(39(2)3)71(108)86-51(74(111)92-28-14-19-53(92)70(107)84-49(76(113)114)18-13-27-81-60(79)35-78)34-63(102)90(7)56(38-115)59(99)33-46(42(6)96)57(97)25-22-45(41(5)95)73(110)93-29-15-20-54(93)75(112)91(8)55(32-43-16-11-10-12-17-43)69(106)82-36-62(101)83-48(23-26-61(80)100)66(103)87-52(37-94)68(105)85-50(67(104)89-65)31-44-21-24-58(98)47(77)30-44/h10-12,16-17,21,24,30,39-42,45-46,48-56,64-65,94-96,98,115H,9,13-15,18-20,22-23,25-29,31-38,78H2,1-8H3,(H2,79,81)(H2,80,100)(H,82,106)(H,83,101)(H,84,107)(H,85,105)(H,86,108)(H,87,103)(H,88,109)(H,89,104)(H,113,114)/t40-,41+,42+,45-,46-,48-,49-,50-,51-,52-,53-,54-,55-,56-,64-,65-/m0/s1. The average Bonchev–Trinajstić information content (AvgIpc) is 1.71. The first-order chi connectivity index (χ1) is 54.3. The molecular formula is C76H113FN16O21S. The predicted molar refractivity (Wildman–Crippen MR) is 416 cm³/mol. The summed E-state index contributed by atoms with van der Waals surface area (Å²) < 4.78 is 15.0. The van der Waals surface area contributed by atoms with Gasteiger partial charge in [-0.05, 0) is 100 Å². The number of nitrogens with one attached hydrogen (secondary N) is 8. The van der Waals surface area contributed by atoms with Crippen LogP contribution in [0.3, 0.4) is 0 Å². The van der Waals surface area contributed by atoms with E-state index in [-0.39, 0.29) is 95.4 Å². The minimum atomic E-state index is -2.00. The molecular weight excluding hydrogens is 1520 g/mol. The molecule has 16 atom stereocenters. The number of phenols is 1. The molecule has 0 spiro atoms. The Hall–Kier alpha value is -10.2. The number of likely N-dealkylation sites (N-methyl/N-ethyl adjacent to an activating group) is 2. The van der Waals surface area contributed by atoms with Crippen LogP contribution in [0.1, 0.15) is 136 Å². The number of rotatable bonds is 23. The van der Waals surface area contributed by atoms with Crippen molar-refractivity contribution in [3.63, 3.8) is 0 Å². The second-order valence-corrected chi connectivity index (χ2v) is 30.1. The molecule has 13 amide bonds. The van der Waals surface area contributed by atoms with Crippen LogP contribution in [0.15, 0.2) is 53.5 Å². The summed E-state index contributed by atoms with van der Waals surface area (Å²) in [5.41, 5.74) is 17.2. The summed E-state index contributed by atoms with van der Waals surface area (Å²) in [4.78, 5) is 237. The number of nitrogens with zero attached hydrogens (tertiary/aromatic N) is 5. The number of primary amides is 1. The van der Waals surface area contributed by atoms with E-state index in [1.165, 1.54) is 52.6 Å². The molecule has 3 heterocycles. The van der Waals surface area contributed by atoms with Gasteiger partial charge in [-0.15, -0.1) is 0 Å². The number of phenolic OH excluding ortho intramolecular Hbond substituents is 1. The zero-order chi connectivity index (χ0) is 85.8. The maximum atomic E-state index is 15.2. The van der Waals surface area contributed by atoms with Crippen LogP contribution in [0.5, 0.6) is 5.75 Å². The fraction of sp³-hybridized carbons (Fsp3) is 0.618. The van der Waals surface area contributed by atoms with Gasteiger partial charge in [0.05, 0.1) is 56.2 Å². The van der Waals surface area contributed by atoms with Crippen molar-refractivity contribution < 1.29 is 107 Å². The van der Waals surface area contributed by atoms with Gasteiger partial charge in [0.15, 0.2) is 17.3 Å². The predicted octanol–water partition coefficient (Wildman–Crippen LogP) is -3.76. The van der Waals surface area contributed by atoms with Crippen LogP contribution in [-0.4, -0.2) is 283 Å². The number of nitrogens with two attached hydrogens (primary N) is 3. The van der Waals surface area contributed by atoms with Crippen LogP contribution in [0.25, 0.3) is 0 Å². The topological polar surface area (TPSA) is 574 Å². The number of Topliss-reactive ketones (excluding diaryl/α,β-unsaturated/α-hetero) is 2. The van der Waals surface area contributed by atoms with Gasteiger partial charge in [-0.25, -0.2) is 9.18 Å². The molecule has 0 saturated carbocycles. The highest BCUT2D eigenvalue weighted by molar-refractivity contribution is 7.80. The molecule has 3 aliphatic rings. The second-order valence-electron chi connectivity index (χ2n) is 29.7.